The van der Waals surface area contributed by atoms with Gasteiger partial charge in [-0.05, 0) is 23.6 Å². The van der Waals surface area contributed by atoms with Gasteiger partial charge in [-0.2, -0.15) is 0 Å². The first kappa shape index (κ1) is 16.9. The van der Waals surface area contributed by atoms with Gasteiger partial charge in [-0.15, -0.1) is 6.58 Å². The Labute approximate surface area is 124 Å². The zero-order chi connectivity index (χ0) is 15.8. The third-order valence-corrected chi connectivity index (χ3v) is 2.96. The fraction of sp³-hybridized carbons (Fsp3) is 0.375. The summed E-state index contributed by atoms with van der Waals surface area (Å²) in [5.74, 6) is -1.19. The maximum atomic E-state index is 12.0. The van der Waals surface area contributed by atoms with Crippen LogP contribution >= 0.6 is 0 Å². The van der Waals surface area contributed by atoms with Gasteiger partial charge in [-0.1, -0.05) is 32.1 Å². The van der Waals surface area contributed by atoms with Crippen molar-refractivity contribution in [2.75, 3.05) is 13.2 Å². The summed E-state index contributed by atoms with van der Waals surface area (Å²) in [6.45, 7) is 7.74. The third kappa shape index (κ3) is 5.39. The Kier molecular flexibility index (Phi) is 6.62. The van der Waals surface area contributed by atoms with Crippen molar-refractivity contribution in [2.24, 2.45) is 0 Å². The smallest absolute Gasteiger partial charge is 0.328 e. The molecule has 0 saturated heterocycles. The van der Waals surface area contributed by atoms with Gasteiger partial charge in [0.15, 0.2) is 6.04 Å². The summed E-state index contributed by atoms with van der Waals surface area (Å²) in [6.07, 6.45) is 1.52. The van der Waals surface area contributed by atoms with E-state index < -0.39 is 17.9 Å². The first-order valence-corrected chi connectivity index (χ1v) is 6.78. The van der Waals surface area contributed by atoms with E-state index in [0.717, 1.165) is 5.56 Å². The van der Waals surface area contributed by atoms with E-state index >= 15 is 0 Å². The number of hydrogen-bond acceptors (Lipinski definition) is 3. The minimum Gasteiger partial charge on any atom is -0.480 e. The lowest BCUT2D eigenvalue weighted by molar-refractivity contribution is -0.140. The highest BCUT2D eigenvalue weighted by Gasteiger charge is 2.20. The molecule has 5 nitrogen and oxygen atoms in total. The summed E-state index contributed by atoms with van der Waals surface area (Å²) in [5.41, 5.74) is 1.55. The molecule has 21 heavy (non-hydrogen) atoms. The van der Waals surface area contributed by atoms with Crippen molar-refractivity contribution in [1.29, 1.82) is 0 Å². The van der Waals surface area contributed by atoms with Gasteiger partial charge in [0.1, 0.15) is 0 Å². The molecule has 0 heterocycles. The van der Waals surface area contributed by atoms with E-state index in [2.05, 4.69) is 25.7 Å². The van der Waals surface area contributed by atoms with Crippen molar-refractivity contribution >= 4 is 11.9 Å². The minimum absolute atomic E-state index is 0.100. The van der Waals surface area contributed by atoms with E-state index in [1.54, 1.807) is 12.1 Å². The van der Waals surface area contributed by atoms with Crippen LogP contribution in [0.15, 0.2) is 36.9 Å². The van der Waals surface area contributed by atoms with Crippen LogP contribution in [0.4, 0.5) is 0 Å². The maximum absolute atomic E-state index is 12.0. The SMILES string of the molecule is C=CCOCC(NC(=O)c1ccc(C(C)C)cc1)C(=O)O. The zero-order valence-corrected chi connectivity index (χ0v) is 12.3. The van der Waals surface area contributed by atoms with Crippen LogP contribution < -0.4 is 5.32 Å². The van der Waals surface area contributed by atoms with Gasteiger partial charge in [0.25, 0.3) is 5.91 Å². The molecule has 0 spiro atoms. The molecular formula is C16H21NO4. The van der Waals surface area contributed by atoms with E-state index in [0.29, 0.717) is 11.5 Å². The van der Waals surface area contributed by atoms with Gasteiger partial charge < -0.3 is 15.2 Å². The summed E-state index contributed by atoms with van der Waals surface area (Å²) < 4.78 is 5.08. The number of hydrogen-bond donors (Lipinski definition) is 2. The van der Waals surface area contributed by atoms with Gasteiger partial charge >= 0.3 is 5.97 Å². The molecule has 0 bridgehead atoms. The summed E-state index contributed by atoms with van der Waals surface area (Å²) in [6, 6.07) is 6.03. The van der Waals surface area contributed by atoms with E-state index in [-0.39, 0.29) is 13.2 Å². The molecule has 1 unspecified atom stereocenters. The molecule has 0 radical (unpaired) electrons. The summed E-state index contributed by atoms with van der Waals surface area (Å²) >= 11 is 0. The van der Waals surface area contributed by atoms with Crippen LogP contribution in [-0.4, -0.2) is 36.2 Å². The van der Waals surface area contributed by atoms with Crippen molar-refractivity contribution in [3.05, 3.63) is 48.0 Å². The van der Waals surface area contributed by atoms with Crippen molar-refractivity contribution in [1.82, 2.24) is 5.32 Å². The molecule has 0 saturated carbocycles. The van der Waals surface area contributed by atoms with Crippen LogP contribution in [-0.2, 0) is 9.53 Å². The Morgan fingerprint density at radius 1 is 1.33 bits per heavy atom. The molecule has 1 aromatic rings. The lowest BCUT2D eigenvalue weighted by atomic mass is 10.0. The molecule has 0 aliphatic carbocycles. The predicted molar refractivity (Wildman–Crippen MR) is 80.4 cm³/mol. The number of nitrogens with one attached hydrogen (secondary N) is 1. The normalized spacial score (nSPS) is 12.0. The summed E-state index contributed by atoms with van der Waals surface area (Å²) in [4.78, 5) is 23.1. The number of amides is 1. The minimum atomic E-state index is -1.13. The number of carboxylic acid groups (broad SMARTS) is 1. The van der Waals surface area contributed by atoms with Gasteiger partial charge in [-0.3, -0.25) is 4.79 Å². The molecule has 0 aliphatic heterocycles. The molecule has 1 atom stereocenters. The standard InChI is InChI=1S/C16H21NO4/c1-4-9-21-10-14(16(19)20)17-15(18)13-7-5-12(6-8-13)11(2)3/h4-8,11,14H,1,9-10H2,2-3H3,(H,17,18)(H,19,20). The fourth-order valence-electron chi connectivity index (χ4n) is 1.70. The second-order valence-electron chi connectivity index (χ2n) is 4.97. The molecule has 2 N–H and O–H groups in total. The van der Waals surface area contributed by atoms with Crippen molar-refractivity contribution in [2.45, 2.75) is 25.8 Å². The Bertz CT molecular complexity index is 494. The monoisotopic (exact) mass is 291 g/mol. The molecule has 5 heteroatoms. The average Bonchev–Trinajstić information content (AvgIpc) is 2.46. The van der Waals surface area contributed by atoms with E-state index in [1.165, 1.54) is 6.08 Å². The number of rotatable bonds is 8. The van der Waals surface area contributed by atoms with Crippen molar-refractivity contribution in [3.63, 3.8) is 0 Å². The van der Waals surface area contributed by atoms with E-state index in [4.69, 9.17) is 9.84 Å². The number of ether oxygens (including phenoxy) is 1. The number of aliphatic carboxylic acids is 1. The average molecular weight is 291 g/mol. The maximum Gasteiger partial charge on any atom is 0.328 e. The third-order valence-electron chi connectivity index (χ3n) is 2.96. The topological polar surface area (TPSA) is 75.6 Å². The molecule has 1 rings (SSSR count). The quantitative estimate of drug-likeness (QED) is 0.568. The van der Waals surface area contributed by atoms with Crippen LogP contribution in [0, 0.1) is 0 Å². The lowest BCUT2D eigenvalue weighted by Gasteiger charge is -2.14. The number of carbonyl (C=O) groups is 2. The molecule has 1 aromatic carbocycles. The van der Waals surface area contributed by atoms with Crippen LogP contribution in [0.5, 0.6) is 0 Å². The van der Waals surface area contributed by atoms with Crippen LogP contribution in [0.1, 0.15) is 35.7 Å². The number of benzene rings is 1. The fourth-order valence-corrected chi connectivity index (χ4v) is 1.70. The van der Waals surface area contributed by atoms with Crippen LogP contribution in [0.3, 0.4) is 0 Å². The molecule has 0 fully saturated rings. The predicted octanol–water partition coefficient (Wildman–Crippen LogP) is 2.20. The first-order valence-electron chi connectivity index (χ1n) is 6.78. The van der Waals surface area contributed by atoms with E-state index in [1.807, 2.05) is 12.1 Å². The van der Waals surface area contributed by atoms with Gasteiger partial charge in [0.05, 0.1) is 13.2 Å². The molecular weight excluding hydrogens is 270 g/mol. The van der Waals surface area contributed by atoms with Crippen molar-refractivity contribution < 1.29 is 19.4 Å². The van der Waals surface area contributed by atoms with Gasteiger partial charge in [0, 0.05) is 5.56 Å². The molecule has 114 valence electrons. The highest BCUT2D eigenvalue weighted by molar-refractivity contribution is 5.96. The lowest BCUT2D eigenvalue weighted by Crippen LogP contribution is -2.44. The van der Waals surface area contributed by atoms with Gasteiger partial charge in [0.2, 0.25) is 0 Å². The van der Waals surface area contributed by atoms with Crippen LogP contribution in [0.2, 0.25) is 0 Å². The Morgan fingerprint density at radius 3 is 2.43 bits per heavy atom. The molecule has 0 aromatic heterocycles. The number of carboxylic acids is 1. The van der Waals surface area contributed by atoms with Gasteiger partial charge in [-0.25, -0.2) is 4.79 Å². The Morgan fingerprint density at radius 2 is 1.95 bits per heavy atom. The Balaban J connectivity index is 2.68. The second kappa shape index (κ2) is 8.21. The zero-order valence-electron chi connectivity index (χ0n) is 12.3. The highest BCUT2D eigenvalue weighted by atomic mass is 16.5. The largest absolute Gasteiger partial charge is 0.480 e. The molecule has 1 amide bonds. The highest BCUT2D eigenvalue weighted by Crippen LogP contribution is 2.14. The van der Waals surface area contributed by atoms with Crippen LogP contribution in [0.25, 0.3) is 0 Å². The second-order valence-corrected chi connectivity index (χ2v) is 4.97. The Hall–Kier alpha value is -2.14. The first-order chi connectivity index (χ1) is 9.95. The number of carbonyl (C=O) groups excluding carboxylic acids is 1. The summed E-state index contributed by atoms with van der Waals surface area (Å²) in [7, 11) is 0. The molecule has 0 aliphatic rings. The van der Waals surface area contributed by atoms with Crippen molar-refractivity contribution in [3.8, 4) is 0 Å². The summed E-state index contributed by atoms with van der Waals surface area (Å²) in [5, 5.41) is 11.5. The van der Waals surface area contributed by atoms with E-state index in [9.17, 15) is 9.59 Å².